The van der Waals surface area contributed by atoms with E-state index in [1.165, 1.54) is 0 Å². The van der Waals surface area contributed by atoms with Gasteiger partial charge < -0.3 is 5.48 Å². The molecule has 0 amide bonds. The molecule has 0 aromatic rings. The molecule has 0 unspecified atom stereocenters. The minimum atomic E-state index is 0. The molecule has 0 aliphatic heterocycles. The summed E-state index contributed by atoms with van der Waals surface area (Å²) in [6, 6.07) is 0. The normalized spacial score (nSPS) is 0. The molecule has 0 fully saturated rings. The first-order valence-electron chi connectivity index (χ1n) is 0. The first-order chi connectivity index (χ1) is 0. The van der Waals surface area contributed by atoms with Gasteiger partial charge in [-0.3, -0.25) is 0 Å². The molecule has 0 saturated heterocycles. The van der Waals surface area contributed by atoms with Crippen LogP contribution in [0.1, 0.15) is 0 Å². The van der Waals surface area contributed by atoms with Gasteiger partial charge in [-0.1, -0.05) is 0 Å². The van der Waals surface area contributed by atoms with E-state index in [0.717, 1.165) is 0 Å². The van der Waals surface area contributed by atoms with E-state index in [-0.39, 0.29) is 68.7 Å². The van der Waals surface area contributed by atoms with Crippen LogP contribution in [0.4, 0.5) is 0 Å². The number of hydrogen-bond donors (Lipinski definition) is 0. The molecule has 0 spiro atoms. The Labute approximate surface area is 68.0 Å². The van der Waals surface area contributed by atoms with Crippen molar-refractivity contribution >= 4 is 43.7 Å². The molecule has 8 valence electrons. The summed E-state index contributed by atoms with van der Waals surface area (Å²) in [7, 11) is 0. The van der Waals surface area contributed by atoms with Gasteiger partial charge >= 0.3 is 63.2 Å². The van der Waals surface area contributed by atoms with Crippen LogP contribution in [0.15, 0.2) is 0 Å². The topological polar surface area (TPSA) is 28.5 Å². The second-order valence-electron chi connectivity index (χ2n) is 0. The van der Waals surface area contributed by atoms with Crippen LogP contribution in [0.5, 0.6) is 0 Å². The Morgan fingerprint density at radius 3 is 1.00 bits per heavy atom. The molecule has 0 heterocycles. The van der Waals surface area contributed by atoms with Crippen molar-refractivity contribution in [1.29, 1.82) is 0 Å². The third-order valence-electron chi connectivity index (χ3n) is 0. The van der Waals surface area contributed by atoms with Crippen LogP contribution in [0, 0.1) is 0 Å². The molecule has 4 heteroatoms. The average Bonchev–Trinajstić information content (AvgIpc) is 0. The Morgan fingerprint density at radius 2 is 1.00 bits per heavy atom. The maximum Gasteiger partial charge on any atom is 4.00 e. The van der Waals surface area contributed by atoms with Crippen molar-refractivity contribution in [2.24, 2.45) is 0 Å². The molecule has 0 aliphatic rings. The van der Waals surface area contributed by atoms with E-state index in [4.69, 9.17) is 0 Å². The minimum absolute atomic E-state index is 0. The van der Waals surface area contributed by atoms with Crippen LogP contribution in [-0.2, 0) is 25.0 Å². The van der Waals surface area contributed by atoms with Crippen molar-refractivity contribution in [3.8, 4) is 0 Å². The van der Waals surface area contributed by atoms with Crippen molar-refractivity contribution in [3.05, 3.63) is 0 Å². The predicted molar refractivity (Wildman–Crippen MR) is 12.2 cm³/mol. The number of rotatable bonds is 0. The maximum atomic E-state index is 0. The molecule has 0 radical (unpaired) electrons. The summed E-state index contributed by atoms with van der Waals surface area (Å²) in [6.45, 7) is 0. The Kier molecular flexibility index (Phi) is 185. The SMILES string of the molecule is [Ga+3].[O-2].[Sn+4].[Zn+2]. The van der Waals surface area contributed by atoms with Crippen LogP contribution in [0.2, 0.25) is 0 Å². The predicted octanol–water partition coefficient (Wildman–Crippen LogP) is -0.883. The maximum absolute atomic E-state index is 0. The van der Waals surface area contributed by atoms with Gasteiger partial charge in [-0.25, -0.2) is 0 Å². The van der Waals surface area contributed by atoms with E-state index < -0.39 is 0 Å². The van der Waals surface area contributed by atoms with E-state index in [1.807, 2.05) is 0 Å². The van der Waals surface area contributed by atoms with Gasteiger partial charge in [-0.05, 0) is 0 Å². The van der Waals surface area contributed by atoms with Gasteiger partial charge in [-0.2, -0.15) is 0 Å². The van der Waals surface area contributed by atoms with Gasteiger partial charge in [0.15, 0.2) is 0 Å². The largest absolute Gasteiger partial charge is 4.00 e. The van der Waals surface area contributed by atoms with E-state index in [0.29, 0.717) is 0 Å². The van der Waals surface area contributed by atoms with Gasteiger partial charge in [0.05, 0.1) is 0 Å². The fourth-order valence-electron chi connectivity index (χ4n) is 0. The molecular formula is GaOSnZn+7. The zero-order chi connectivity index (χ0) is 0. The summed E-state index contributed by atoms with van der Waals surface area (Å²) >= 11 is 0. The molecule has 4 heavy (non-hydrogen) atoms. The molecule has 0 saturated carbocycles. The van der Waals surface area contributed by atoms with Gasteiger partial charge in [0.2, 0.25) is 0 Å². The van der Waals surface area contributed by atoms with Gasteiger partial charge in [0.1, 0.15) is 0 Å². The van der Waals surface area contributed by atoms with Crippen molar-refractivity contribution in [2.45, 2.75) is 0 Å². The summed E-state index contributed by atoms with van der Waals surface area (Å²) in [5.41, 5.74) is 0. The molecule has 0 bridgehead atoms. The second kappa shape index (κ2) is 19.9. The van der Waals surface area contributed by atoms with E-state index in [2.05, 4.69) is 0 Å². The average molecular weight is 270 g/mol. The van der Waals surface area contributed by atoms with Crippen LogP contribution in [0.25, 0.3) is 0 Å². The fraction of sp³-hybridized carbons (Fsp3) is 0. The monoisotopic (exact) mass is 269 g/mol. The Morgan fingerprint density at radius 1 is 1.00 bits per heavy atom. The zero-order valence-corrected chi connectivity index (χ0v) is 10.4. The van der Waals surface area contributed by atoms with Crippen molar-refractivity contribution in [1.82, 2.24) is 0 Å². The van der Waals surface area contributed by atoms with E-state index in [9.17, 15) is 0 Å². The molecule has 1 nitrogen and oxygen atoms in total. The fourth-order valence-corrected chi connectivity index (χ4v) is 0. The third kappa shape index (κ3) is 8.99. The van der Waals surface area contributed by atoms with E-state index >= 15 is 0 Å². The Bertz CT molecular complexity index is 8.00. The molecule has 0 aromatic heterocycles. The zero-order valence-electron chi connectivity index (χ0n) is 2.19. The molecule has 0 atom stereocenters. The first-order valence-corrected chi connectivity index (χ1v) is 0. The summed E-state index contributed by atoms with van der Waals surface area (Å²) in [5, 5.41) is 0. The molecule has 0 rings (SSSR count). The summed E-state index contributed by atoms with van der Waals surface area (Å²) in [4.78, 5) is 0. The summed E-state index contributed by atoms with van der Waals surface area (Å²) < 4.78 is 0. The van der Waals surface area contributed by atoms with Crippen LogP contribution < -0.4 is 0 Å². The molecule has 0 aromatic carbocycles. The van der Waals surface area contributed by atoms with Crippen molar-refractivity contribution < 1.29 is 25.0 Å². The first kappa shape index (κ1) is 37.2. The van der Waals surface area contributed by atoms with Crippen LogP contribution in [0.3, 0.4) is 0 Å². The quantitative estimate of drug-likeness (QED) is 0.511. The van der Waals surface area contributed by atoms with Gasteiger partial charge in [0.25, 0.3) is 0 Å². The smallest absolute Gasteiger partial charge is 2.00 e. The van der Waals surface area contributed by atoms with Crippen LogP contribution in [-0.4, -0.2) is 43.7 Å². The summed E-state index contributed by atoms with van der Waals surface area (Å²) in [6.07, 6.45) is 0. The van der Waals surface area contributed by atoms with Crippen molar-refractivity contribution in [2.75, 3.05) is 0 Å². The second-order valence-corrected chi connectivity index (χ2v) is 0. The number of hydrogen-bond acceptors (Lipinski definition) is 0. The molecular weight excluding hydrogens is 270 g/mol. The van der Waals surface area contributed by atoms with Gasteiger partial charge in [-0.15, -0.1) is 0 Å². The molecule has 0 N–H and O–H groups in total. The Balaban J connectivity index is 0. The standard InChI is InChI=1S/Ga.O.Sn.Zn/q+3;-2;+4;+2. The van der Waals surface area contributed by atoms with Crippen LogP contribution >= 0.6 is 0 Å². The third-order valence-corrected chi connectivity index (χ3v) is 0. The minimum Gasteiger partial charge on any atom is -2.00 e. The molecule has 0 aliphatic carbocycles. The van der Waals surface area contributed by atoms with Crippen molar-refractivity contribution in [3.63, 3.8) is 0 Å². The summed E-state index contributed by atoms with van der Waals surface area (Å²) in [5.74, 6) is 0. The van der Waals surface area contributed by atoms with E-state index in [1.54, 1.807) is 0 Å². The Hall–Kier alpha value is 2.02. The van der Waals surface area contributed by atoms with Gasteiger partial charge in [0, 0.05) is 0 Å².